The minimum Gasteiger partial charge on any atom is -0.312 e. The average molecular weight is 315 g/mol. The molecule has 0 atom stereocenters. The summed E-state index contributed by atoms with van der Waals surface area (Å²) in [5.41, 5.74) is 3.86. The summed E-state index contributed by atoms with van der Waals surface area (Å²) in [5, 5.41) is 12.1. The van der Waals surface area contributed by atoms with E-state index in [0.717, 1.165) is 40.7 Å². The van der Waals surface area contributed by atoms with Gasteiger partial charge in [0.15, 0.2) is 0 Å². The van der Waals surface area contributed by atoms with Crippen molar-refractivity contribution in [3.05, 3.63) is 62.5 Å². The summed E-state index contributed by atoms with van der Waals surface area (Å²) >= 11 is 5.93. The van der Waals surface area contributed by atoms with Gasteiger partial charge in [-0.25, -0.2) is 0 Å². The highest BCUT2D eigenvalue weighted by molar-refractivity contribution is 6.30. The Labute approximate surface area is 131 Å². The number of rotatable bonds is 2. The Bertz CT molecular complexity index is 895. The number of benzene rings is 1. The fourth-order valence-electron chi connectivity index (χ4n) is 3.08. The van der Waals surface area contributed by atoms with Crippen LogP contribution in [0.1, 0.15) is 16.7 Å². The summed E-state index contributed by atoms with van der Waals surface area (Å²) in [5.74, 6) is 0. The molecule has 1 aliphatic heterocycles. The Hall–Kier alpha value is -2.11. The van der Waals surface area contributed by atoms with Gasteiger partial charge >= 0.3 is 0 Å². The Kier molecular flexibility index (Phi) is 3.24. The molecule has 6 heteroatoms. The van der Waals surface area contributed by atoms with Crippen molar-refractivity contribution in [1.29, 1.82) is 0 Å². The van der Waals surface area contributed by atoms with E-state index in [9.17, 15) is 4.79 Å². The van der Waals surface area contributed by atoms with Gasteiger partial charge < -0.3 is 5.32 Å². The first-order valence-corrected chi connectivity index (χ1v) is 7.64. The maximum atomic E-state index is 12.8. The fraction of sp³-hybridized carbons (Fsp3) is 0.250. The zero-order valence-electron chi connectivity index (χ0n) is 11.9. The second kappa shape index (κ2) is 5.26. The van der Waals surface area contributed by atoms with Crippen LogP contribution >= 0.6 is 11.6 Å². The van der Waals surface area contributed by atoms with Crippen LogP contribution in [0.5, 0.6) is 0 Å². The van der Waals surface area contributed by atoms with Gasteiger partial charge in [0.2, 0.25) is 0 Å². The molecule has 4 rings (SSSR count). The van der Waals surface area contributed by atoms with Crippen LogP contribution < -0.4 is 10.9 Å². The molecule has 112 valence electrons. The van der Waals surface area contributed by atoms with Crippen molar-refractivity contribution in [2.45, 2.75) is 19.5 Å². The SMILES string of the molecule is O=c1c2c(c3cn[nH]c3n1Cc1ccc(Cl)cc1)CCNC2. The molecule has 0 amide bonds. The van der Waals surface area contributed by atoms with Crippen LogP contribution in [0.15, 0.2) is 35.3 Å². The third kappa shape index (κ3) is 2.14. The van der Waals surface area contributed by atoms with E-state index in [1.165, 1.54) is 0 Å². The van der Waals surface area contributed by atoms with Crippen molar-refractivity contribution in [1.82, 2.24) is 20.1 Å². The van der Waals surface area contributed by atoms with E-state index in [1.54, 1.807) is 4.57 Å². The highest BCUT2D eigenvalue weighted by Gasteiger charge is 2.20. The van der Waals surface area contributed by atoms with E-state index < -0.39 is 0 Å². The highest BCUT2D eigenvalue weighted by atomic mass is 35.5. The summed E-state index contributed by atoms with van der Waals surface area (Å²) in [6, 6.07) is 7.56. The lowest BCUT2D eigenvalue weighted by atomic mass is 10.00. The number of nitrogens with one attached hydrogen (secondary N) is 2. The van der Waals surface area contributed by atoms with E-state index in [0.29, 0.717) is 18.1 Å². The monoisotopic (exact) mass is 314 g/mol. The molecule has 0 radical (unpaired) electrons. The quantitative estimate of drug-likeness (QED) is 0.761. The van der Waals surface area contributed by atoms with Crippen LogP contribution in [0.3, 0.4) is 0 Å². The number of hydrogen-bond acceptors (Lipinski definition) is 3. The van der Waals surface area contributed by atoms with Crippen molar-refractivity contribution in [2.24, 2.45) is 0 Å². The number of H-pyrrole nitrogens is 1. The normalized spacial score (nSPS) is 14.2. The zero-order chi connectivity index (χ0) is 15.1. The molecule has 3 aromatic rings. The van der Waals surface area contributed by atoms with Gasteiger partial charge in [0.1, 0.15) is 5.65 Å². The molecular formula is C16H15ClN4O. The van der Waals surface area contributed by atoms with Gasteiger partial charge in [-0.15, -0.1) is 0 Å². The lowest BCUT2D eigenvalue weighted by Crippen LogP contribution is -2.34. The van der Waals surface area contributed by atoms with Crippen molar-refractivity contribution >= 4 is 22.6 Å². The maximum absolute atomic E-state index is 12.8. The number of aromatic amines is 1. The van der Waals surface area contributed by atoms with E-state index >= 15 is 0 Å². The molecule has 2 N–H and O–H groups in total. The lowest BCUT2D eigenvalue weighted by Gasteiger charge is -2.19. The highest BCUT2D eigenvalue weighted by Crippen LogP contribution is 2.21. The first-order chi connectivity index (χ1) is 10.7. The molecule has 0 spiro atoms. The molecule has 1 aliphatic rings. The van der Waals surface area contributed by atoms with Gasteiger partial charge in [0.25, 0.3) is 5.56 Å². The van der Waals surface area contributed by atoms with Crippen molar-refractivity contribution in [2.75, 3.05) is 6.54 Å². The van der Waals surface area contributed by atoms with Gasteiger partial charge in [0, 0.05) is 22.5 Å². The van der Waals surface area contributed by atoms with Crippen molar-refractivity contribution in [3.63, 3.8) is 0 Å². The largest absolute Gasteiger partial charge is 0.312 e. The first kappa shape index (κ1) is 13.5. The van der Waals surface area contributed by atoms with Gasteiger partial charge in [-0.1, -0.05) is 23.7 Å². The molecule has 3 heterocycles. The number of fused-ring (bicyclic) bond motifs is 3. The molecular weight excluding hydrogens is 300 g/mol. The molecule has 0 bridgehead atoms. The van der Waals surface area contributed by atoms with Crippen molar-refractivity contribution < 1.29 is 0 Å². The maximum Gasteiger partial charge on any atom is 0.257 e. The van der Waals surface area contributed by atoms with Gasteiger partial charge in [-0.2, -0.15) is 5.10 Å². The summed E-state index contributed by atoms with van der Waals surface area (Å²) in [7, 11) is 0. The average Bonchev–Trinajstić information content (AvgIpc) is 3.03. The molecule has 0 saturated heterocycles. The van der Waals surface area contributed by atoms with E-state index in [-0.39, 0.29) is 5.56 Å². The minimum absolute atomic E-state index is 0.0499. The number of pyridine rings is 1. The van der Waals surface area contributed by atoms with Gasteiger partial charge in [-0.3, -0.25) is 14.5 Å². The summed E-state index contributed by atoms with van der Waals surface area (Å²) < 4.78 is 1.76. The molecule has 2 aromatic heterocycles. The Balaban J connectivity index is 1.90. The minimum atomic E-state index is 0.0499. The van der Waals surface area contributed by atoms with Crippen LogP contribution in [0, 0.1) is 0 Å². The number of aromatic nitrogens is 3. The Morgan fingerprint density at radius 3 is 2.86 bits per heavy atom. The lowest BCUT2D eigenvalue weighted by molar-refractivity contribution is 0.627. The van der Waals surface area contributed by atoms with Crippen LogP contribution in [0.25, 0.3) is 11.0 Å². The molecule has 22 heavy (non-hydrogen) atoms. The van der Waals surface area contributed by atoms with Crippen molar-refractivity contribution in [3.8, 4) is 0 Å². The number of nitrogens with zero attached hydrogens (tertiary/aromatic N) is 2. The summed E-state index contributed by atoms with van der Waals surface area (Å²) in [6.45, 7) is 2.02. The predicted octanol–water partition coefficient (Wildman–Crippen LogP) is 2.07. The number of halogens is 1. The van der Waals surface area contributed by atoms with Crippen LogP contribution in [0.4, 0.5) is 0 Å². The molecule has 0 saturated carbocycles. The van der Waals surface area contributed by atoms with Crippen LogP contribution in [-0.4, -0.2) is 21.3 Å². The number of hydrogen-bond donors (Lipinski definition) is 2. The molecule has 0 fully saturated rings. The Morgan fingerprint density at radius 2 is 2.05 bits per heavy atom. The molecule has 0 aliphatic carbocycles. The predicted molar refractivity (Wildman–Crippen MR) is 86.3 cm³/mol. The van der Waals surface area contributed by atoms with Crippen LogP contribution in [0.2, 0.25) is 5.02 Å². The topological polar surface area (TPSA) is 62.7 Å². The molecule has 5 nitrogen and oxygen atoms in total. The van der Waals surface area contributed by atoms with Gasteiger partial charge in [0.05, 0.1) is 12.7 Å². The van der Waals surface area contributed by atoms with Crippen LogP contribution in [-0.2, 0) is 19.5 Å². The zero-order valence-corrected chi connectivity index (χ0v) is 12.7. The van der Waals surface area contributed by atoms with E-state index in [2.05, 4.69) is 15.5 Å². The van der Waals surface area contributed by atoms with E-state index in [1.807, 2.05) is 30.5 Å². The van der Waals surface area contributed by atoms with E-state index in [4.69, 9.17) is 11.6 Å². The fourth-order valence-corrected chi connectivity index (χ4v) is 3.21. The smallest absolute Gasteiger partial charge is 0.257 e. The second-order valence-corrected chi connectivity index (χ2v) is 5.97. The molecule has 0 unspecified atom stereocenters. The standard InChI is InChI=1S/C16H15ClN4O/c17-11-3-1-10(2-4-11)9-21-15-13(8-19-20-15)12-5-6-18-7-14(12)16(21)22/h1-4,8,18H,5-7,9H2,(H,19,20). The summed E-state index contributed by atoms with van der Waals surface area (Å²) in [4.78, 5) is 12.8. The summed E-state index contributed by atoms with van der Waals surface area (Å²) in [6.07, 6.45) is 2.68. The van der Waals surface area contributed by atoms with Gasteiger partial charge in [-0.05, 0) is 36.2 Å². The first-order valence-electron chi connectivity index (χ1n) is 7.27. The Morgan fingerprint density at radius 1 is 1.23 bits per heavy atom. The molecule has 1 aromatic carbocycles. The second-order valence-electron chi connectivity index (χ2n) is 5.53. The third-order valence-electron chi connectivity index (χ3n) is 4.19. The third-order valence-corrected chi connectivity index (χ3v) is 4.44.